The molecule has 0 saturated heterocycles. The summed E-state index contributed by atoms with van der Waals surface area (Å²) in [5, 5.41) is 7.98. The van der Waals surface area contributed by atoms with Crippen LogP contribution >= 0.6 is 0 Å². The molecule has 1 N–H and O–H groups in total. The lowest BCUT2D eigenvalue weighted by Gasteiger charge is -2.09. The Bertz CT molecular complexity index is 741. The lowest BCUT2D eigenvalue weighted by molar-refractivity contribution is 0.0949. The molecule has 0 unspecified atom stereocenters. The summed E-state index contributed by atoms with van der Waals surface area (Å²) in [6.07, 6.45) is 3.79. The minimum Gasteiger partial charge on any atom is -0.349 e. The van der Waals surface area contributed by atoms with Gasteiger partial charge in [-0.2, -0.15) is 5.10 Å². The average molecular weight is 325 g/mol. The summed E-state index contributed by atoms with van der Waals surface area (Å²) in [5.41, 5.74) is 4.94. The van der Waals surface area contributed by atoms with E-state index in [1.165, 1.54) is 5.56 Å². The Morgan fingerprint density at radius 1 is 1.38 bits per heavy atom. The fourth-order valence-electron chi connectivity index (χ4n) is 3.08. The third-order valence-corrected chi connectivity index (χ3v) is 4.38. The molecule has 0 aliphatic heterocycles. The second-order valence-electron chi connectivity index (χ2n) is 7.22. The molecule has 1 fully saturated rings. The van der Waals surface area contributed by atoms with Crippen LogP contribution in [0.5, 0.6) is 0 Å². The minimum absolute atomic E-state index is 0.0453. The number of hydrogen-bond donors (Lipinski definition) is 1. The molecule has 2 aromatic rings. The molecule has 0 radical (unpaired) electrons. The molecule has 1 aromatic heterocycles. The predicted octanol–water partition coefficient (Wildman–Crippen LogP) is 3.83. The van der Waals surface area contributed by atoms with Gasteiger partial charge in [-0.05, 0) is 56.2 Å². The van der Waals surface area contributed by atoms with E-state index in [0.717, 1.165) is 48.3 Å². The number of aryl methyl sites for hydroxylation is 1. The van der Waals surface area contributed by atoms with Gasteiger partial charge in [0.1, 0.15) is 0 Å². The van der Waals surface area contributed by atoms with Crippen LogP contribution in [0.2, 0.25) is 0 Å². The van der Waals surface area contributed by atoms with Crippen LogP contribution in [0.25, 0.3) is 5.69 Å². The van der Waals surface area contributed by atoms with Crippen LogP contribution in [0.4, 0.5) is 0 Å². The second kappa shape index (κ2) is 6.80. The first-order valence-corrected chi connectivity index (χ1v) is 8.98. The SMILES string of the molecule is CCc1c(C(=O)NC2CC2)c(CC(C)C)nn1-c1cccc(C)c1. The van der Waals surface area contributed by atoms with Crippen LogP contribution in [0, 0.1) is 12.8 Å². The zero-order valence-electron chi connectivity index (χ0n) is 15.1. The Morgan fingerprint density at radius 2 is 2.12 bits per heavy atom. The number of aromatic nitrogens is 2. The average Bonchev–Trinajstić information content (AvgIpc) is 3.25. The summed E-state index contributed by atoms with van der Waals surface area (Å²) in [4.78, 5) is 12.8. The molecule has 0 atom stereocenters. The predicted molar refractivity (Wildman–Crippen MR) is 96.7 cm³/mol. The molecule has 4 heteroatoms. The van der Waals surface area contributed by atoms with E-state index in [0.29, 0.717) is 12.0 Å². The van der Waals surface area contributed by atoms with Gasteiger partial charge in [-0.3, -0.25) is 4.79 Å². The van der Waals surface area contributed by atoms with Crippen molar-refractivity contribution < 1.29 is 4.79 Å². The smallest absolute Gasteiger partial charge is 0.255 e. The lowest BCUT2D eigenvalue weighted by Crippen LogP contribution is -2.27. The quantitative estimate of drug-likeness (QED) is 0.877. The number of nitrogens with one attached hydrogen (secondary N) is 1. The first kappa shape index (κ1) is 16.7. The normalized spacial score (nSPS) is 14.2. The number of amides is 1. The van der Waals surface area contributed by atoms with Gasteiger partial charge in [-0.25, -0.2) is 4.68 Å². The van der Waals surface area contributed by atoms with Gasteiger partial charge in [0, 0.05) is 6.04 Å². The molecule has 1 saturated carbocycles. The Kier molecular flexibility index (Phi) is 4.74. The Hall–Kier alpha value is -2.10. The highest BCUT2D eigenvalue weighted by Gasteiger charge is 2.29. The van der Waals surface area contributed by atoms with Crippen molar-refractivity contribution in [3.05, 3.63) is 46.8 Å². The Balaban J connectivity index is 2.08. The van der Waals surface area contributed by atoms with E-state index < -0.39 is 0 Å². The molecule has 3 rings (SSSR count). The van der Waals surface area contributed by atoms with Crippen LogP contribution in [0.3, 0.4) is 0 Å². The summed E-state index contributed by atoms with van der Waals surface area (Å²) >= 11 is 0. The van der Waals surface area contributed by atoms with E-state index in [1.54, 1.807) is 0 Å². The van der Waals surface area contributed by atoms with Crippen molar-refractivity contribution >= 4 is 5.91 Å². The maximum atomic E-state index is 12.8. The summed E-state index contributed by atoms with van der Waals surface area (Å²) in [5.74, 6) is 0.506. The van der Waals surface area contributed by atoms with Gasteiger partial charge >= 0.3 is 0 Å². The number of benzene rings is 1. The van der Waals surface area contributed by atoms with E-state index in [9.17, 15) is 4.79 Å². The molecule has 4 nitrogen and oxygen atoms in total. The number of rotatable bonds is 6. The molecular formula is C20H27N3O. The Morgan fingerprint density at radius 3 is 2.71 bits per heavy atom. The maximum Gasteiger partial charge on any atom is 0.255 e. The van der Waals surface area contributed by atoms with Gasteiger partial charge < -0.3 is 5.32 Å². The highest BCUT2D eigenvalue weighted by atomic mass is 16.1. The van der Waals surface area contributed by atoms with E-state index in [1.807, 2.05) is 10.7 Å². The number of hydrogen-bond acceptors (Lipinski definition) is 2. The number of carbonyl (C=O) groups excluding carboxylic acids is 1. The second-order valence-corrected chi connectivity index (χ2v) is 7.22. The standard InChI is InChI=1S/C20H27N3O/c1-5-18-19(20(24)21-15-9-10-15)17(11-13(2)3)22-23(18)16-8-6-7-14(4)12-16/h6-8,12-13,15H,5,9-11H2,1-4H3,(H,21,24). The molecule has 1 heterocycles. The fraction of sp³-hybridized carbons (Fsp3) is 0.500. The molecule has 128 valence electrons. The van der Waals surface area contributed by atoms with Crippen molar-refractivity contribution in [2.45, 2.75) is 59.4 Å². The number of carbonyl (C=O) groups is 1. The van der Waals surface area contributed by atoms with Gasteiger partial charge in [0.05, 0.1) is 22.6 Å². The summed E-state index contributed by atoms with van der Waals surface area (Å²) in [7, 11) is 0. The van der Waals surface area contributed by atoms with Crippen LogP contribution < -0.4 is 5.32 Å². The first-order valence-electron chi connectivity index (χ1n) is 8.98. The zero-order valence-corrected chi connectivity index (χ0v) is 15.1. The Labute approximate surface area is 144 Å². The van der Waals surface area contributed by atoms with Crippen molar-refractivity contribution in [3.8, 4) is 5.69 Å². The van der Waals surface area contributed by atoms with Gasteiger partial charge in [-0.15, -0.1) is 0 Å². The van der Waals surface area contributed by atoms with Crippen molar-refractivity contribution in [3.63, 3.8) is 0 Å². The van der Waals surface area contributed by atoms with Crippen molar-refractivity contribution in [1.29, 1.82) is 0 Å². The molecule has 1 aliphatic carbocycles. The summed E-state index contributed by atoms with van der Waals surface area (Å²) < 4.78 is 1.96. The molecule has 1 aromatic carbocycles. The van der Waals surface area contributed by atoms with E-state index in [-0.39, 0.29) is 5.91 Å². The molecule has 24 heavy (non-hydrogen) atoms. The van der Waals surface area contributed by atoms with E-state index in [2.05, 4.69) is 51.2 Å². The van der Waals surface area contributed by atoms with E-state index >= 15 is 0 Å². The molecule has 1 aliphatic rings. The first-order chi connectivity index (χ1) is 11.5. The molecule has 0 bridgehead atoms. The van der Waals surface area contributed by atoms with Crippen LogP contribution in [-0.4, -0.2) is 21.7 Å². The summed E-state index contributed by atoms with van der Waals surface area (Å²) in [6.45, 7) is 8.50. The van der Waals surface area contributed by atoms with Gasteiger partial charge in [-0.1, -0.05) is 32.9 Å². The van der Waals surface area contributed by atoms with Crippen LogP contribution in [-0.2, 0) is 12.8 Å². The summed E-state index contributed by atoms with van der Waals surface area (Å²) in [6, 6.07) is 8.65. The highest BCUT2D eigenvalue weighted by Crippen LogP contribution is 2.25. The van der Waals surface area contributed by atoms with Gasteiger partial charge in [0.2, 0.25) is 0 Å². The van der Waals surface area contributed by atoms with E-state index in [4.69, 9.17) is 5.10 Å². The molecule has 1 amide bonds. The van der Waals surface area contributed by atoms with Gasteiger partial charge in [0.15, 0.2) is 0 Å². The van der Waals surface area contributed by atoms with Crippen molar-refractivity contribution in [1.82, 2.24) is 15.1 Å². The zero-order chi connectivity index (χ0) is 17.3. The topological polar surface area (TPSA) is 46.9 Å². The van der Waals surface area contributed by atoms with Crippen LogP contribution in [0.1, 0.15) is 60.9 Å². The maximum absolute atomic E-state index is 12.8. The fourth-order valence-corrected chi connectivity index (χ4v) is 3.08. The number of nitrogens with zero attached hydrogens (tertiary/aromatic N) is 2. The minimum atomic E-state index is 0.0453. The highest BCUT2D eigenvalue weighted by molar-refractivity contribution is 5.97. The largest absolute Gasteiger partial charge is 0.349 e. The van der Waals surface area contributed by atoms with Gasteiger partial charge in [0.25, 0.3) is 5.91 Å². The van der Waals surface area contributed by atoms with Crippen LogP contribution in [0.15, 0.2) is 24.3 Å². The molecule has 0 spiro atoms. The third-order valence-electron chi connectivity index (χ3n) is 4.38. The lowest BCUT2D eigenvalue weighted by atomic mass is 10.0. The van der Waals surface area contributed by atoms with Crippen molar-refractivity contribution in [2.24, 2.45) is 5.92 Å². The monoisotopic (exact) mass is 325 g/mol. The van der Waals surface area contributed by atoms with Crippen molar-refractivity contribution in [2.75, 3.05) is 0 Å². The molecular weight excluding hydrogens is 298 g/mol. The third kappa shape index (κ3) is 3.53.